The fourth-order valence-electron chi connectivity index (χ4n) is 1.31. The van der Waals surface area contributed by atoms with Gasteiger partial charge in [-0.05, 0) is 54.3 Å². The minimum Gasteiger partial charge on any atom is -0.0599 e. The number of halogens is 2. The van der Waals surface area contributed by atoms with Crippen molar-refractivity contribution in [3.8, 4) is 23.7 Å². The van der Waals surface area contributed by atoms with E-state index in [1.165, 1.54) is 0 Å². The Hall–Kier alpha value is -1.48. The van der Waals surface area contributed by atoms with E-state index in [0.717, 1.165) is 20.1 Å². The number of benzene rings is 2. The molecule has 0 fully saturated rings. The van der Waals surface area contributed by atoms with E-state index in [9.17, 15) is 0 Å². The third kappa shape index (κ3) is 4.08. The molecule has 2 rings (SSSR count). The van der Waals surface area contributed by atoms with Crippen LogP contribution in [0.2, 0.25) is 0 Å². The van der Waals surface area contributed by atoms with Crippen LogP contribution in [0, 0.1) is 23.7 Å². The lowest BCUT2D eigenvalue weighted by Gasteiger charge is -1.89. The molecule has 0 saturated heterocycles. The SMILES string of the molecule is Brc1ccc(C#CC#Cc2cccc(Br)c2)cc1. The Labute approximate surface area is 124 Å². The van der Waals surface area contributed by atoms with Crippen molar-refractivity contribution in [2.45, 2.75) is 0 Å². The number of hydrogen-bond acceptors (Lipinski definition) is 0. The van der Waals surface area contributed by atoms with Gasteiger partial charge in [0.05, 0.1) is 0 Å². The van der Waals surface area contributed by atoms with Crippen LogP contribution >= 0.6 is 31.9 Å². The molecule has 0 radical (unpaired) electrons. The first-order valence-corrected chi connectivity index (χ1v) is 6.86. The molecular formula is C16H8Br2. The first-order chi connectivity index (χ1) is 8.74. The number of hydrogen-bond donors (Lipinski definition) is 0. The van der Waals surface area contributed by atoms with E-state index in [1.54, 1.807) is 0 Å². The van der Waals surface area contributed by atoms with Gasteiger partial charge in [-0.25, -0.2) is 0 Å². The van der Waals surface area contributed by atoms with Gasteiger partial charge in [0.2, 0.25) is 0 Å². The molecule has 0 spiro atoms. The molecule has 18 heavy (non-hydrogen) atoms. The van der Waals surface area contributed by atoms with Crippen LogP contribution in [0.1, 0.15) is 11.1 Å². The summed E-state index contributed by atoms with van der Waals surface area (Å²) in [5.74, 6) is 11.7. The van der Waals surface area contributed by atoms with Crippen molar-refractivity contribution in [2.75, 3.05) is 0 Å². The summed E-state index contributed by atoms with van der Waals surface area (Å²) in [7, 11) is 0. The van der Waals surface area contributed by atoms with E-state index >= 15 is 0 Å². The minimum atomic E-state index is 0.953. The molecule has 0 unspecified atom stereocenters. The summed E-state index contributed by atoms with van der Waals surface area (Å²) in [6.45, 7) is 0. The van der Waals surface area contributed by atoms with Gasteiger partial charge < -0.3 is 0 Å². The molecule has 2 aromatic rings. The molecule has 0 amide bonds. The van der Waals surface area contributed by atoms with Gasteiger partial charge in [0.25, 0.3) is 0 Å². The topological polar surface area (TPSA) is 0 Å². The standard InChI is InChI=1S/C16H8Br2/c17-15-10-8-13(9-11-15)4-1-2-5-14-6-3-7-16(18)12-14/h3,6-12H. The monoisotopic (exact) mass is 358 g/mol. The van der Waals surface area contributed by atoms with E-state index in [0.29, 0.717) is 0 Å². The van der Waals surface area contributed by atoms with Crippen LogP contribution in [0.4, 0.5) is 0 Å². The maximum absolute atomic E-state index is 3.41. The maximum Gasteiger partial charge on any atom is 0.0266 e. The maximum atomic E-state index is 3.41. The second kappa shape index (κ2) is 6.45. The predicted molar refractivity (Wildman–Crippen MR) is 82.0 cm³/mol. The van der Waals surface area contributed by atoms with E-state index in [2.05, 4.69) is 55.5 Å². The van der Waals surface area contributed by atoms with Crippen LogP contribution in [0.15, 0.2) is 57.5 Å². The van der Waals surface area contributed by atoms with Crippen molar-refractivity contribution in [3.63, 3.8) is 0 Å². The molecule has 0 aliphatic heterocycles. The molecule has 0 atom stereocenters. The molecule has 86 valence electrons. The van der Waals surface area contributed by atoms with Crippen LogP contribution in [-0.2, 0) is 0 Å². The van der Waals surface area contributed by atoms with Crippen LogP contribution in [0.3, 0.4) is 0 Å². The summed E-state index contributed by atoms with van der Waals surface area (Å²) in [5, 5.41) is 0. The average Bonchev–Trinajstić information content (AvgIpc) is 2.37. The molecule has 0 aliphatic carbocycles. The largest absolute Gasteiger partial charge is 0.0599 e. The van der Waals surface area contributed by atoms with Gasteiger partial charge in [-0.1, -0.05) is 49.8 Å². The second-order valence-electron chi connectivity index (χ2n) is 3.52. The predicted octanol–water partition coefficient (Wildman–Crippen LogP) is 4.61. The van der Waals surface area contributed by atoms with Gasteiger partial charge in [-0.15, -0.1) is 0 Å². The zero-order valence-electron chi connectivity index (χ0n) is 9.37. The van der Waals surface area contributed by atoms with Crippen LogP contribution in [-0.4, -0.2) is 0 Å². The summed E-state index contributed by atoms with van der Waals surface area (Å²) in [6.07, 6.45) is 0. The lowest BCUT2D eigenvalue weighted by atomic mass is 10.2. The van der Waals surface area contributed by atoms with Crippen LogP contribution in [0.5, 0.6) is 0 Å². The Balaban J connectivity index is 2.11. The van der Waals surface area contributed by atoms with E-state index in [1.807, 2.05) is 48.5 Å². The Kier molecular flexibility index (Phi) is 4.65. The molecule has 0 nitrogen and oxygen atoms in total. The fraction of sp³-hybridized carbons (Fsp3) is 0. The molecule has 2 aromatic carbocycles. The molecule has 0 aromatic heterocycles. The highest BCUT2D eigenvalue weighted by Crippen LogP contribution is 2.10. The van der Waals surface area contributed by atoms with E-state index < -0.39 is 0 Å². The summed E-state index contributed by atoms with van der Waals surface area (Å²) >= 11 is 6.79. The fourth-order valence-corrected chi connectivity index (χ4v) is 1.97. The quantitative estimate of drug-likeness (QED) is 0.602. The zero-order valence-corrected chi connectivity index (χ0v) is 12.5. The lowest BCUT2D eigenvalue weighted by molar-refractivity contribution is 1.60. The second-order valence-corrected chi connectivity index (χ2v) is 5.35. The van der Waals surface area contributed by atoms with E-state index in [4.69, 9.17) is 0 Å². The van der Waals surface area contributed by atoms with Crippen molar-refractivity contribution < 1.29 is 0 Å². The first-order valence-electron chi connectivity index (χ1n) is 5.27. The molecule has 0 saturated carbocycles. The molecule has 0 N–H and O–H groups in total. The highest BCUT2D eigenvalue weighted by molar-refractivity contribution is 9.10. The van der Waals surface area contributed by atoms with Crippen molar-refractivity contribution in [1.82, 2.24) is 0 Å². The molecular weight excluding hydrogens is 352 g/mol. The summed E-state index contributed by atoms with van der Waals surface area (Å²) in [6, 6.07) is 15.7. The third-order valence-electron chi connectivity index (χ3n) is 2.15. The van der Waals surface area contributed by atoms with Crippen molar-refractivity contribution in [2.24, 2.45) is 0 Å². The van der Waals surface area contributed by atoms with Crippen LogP contribution < -0.4 is 0 Å². The zero-order chi connectivity index (χ0) is 12.8. The summed E-state index contributed by atoms with van der Waals surface area (Å²) in [4.78, 5) is 0. The Morgan fingerprint density at radius 2 is 1.33 bits per heavy atom. The van der Waals surface area contributed by atoms with Crippen molar-refractivity contribution >= 4 is 31.9 Å². The van der Waals surface area contributed by atoms with Gasteiger partial charge in [-0.2, -0.15) is 0 Å². The Morgan fingerprint density at radius 1 is 0.667 bits per heavy atom. The average molecular weight is 360 g/mol. The van der Waals surface area contributed by atoms with Crippen LogP contribution in [0.25, 0.3) is 0 Å². The van der Waals surface area contributed by atoms with E-state index in [-0.39, 0.29) is 0 Å². The van der Waals surface area contributed by atoms with Gasteiger partial charge in [0, 0.05) is 20.1 Å². The third-order valence-corrected chi connectivity index (χ3v) is 3.17. The highest BCUT2D eigenvalue weighted by atomic mass is 79.9. The van der Waals surface area contributed by atoms with Crippen molar-refractivity contribution in [1.29, 1.82) is 0 Å². The molecule has 2 heteroatoms. The minimum absolute atomic E-state index is 0.953. The first kappa shape index (κ1) is 13.0. The lowest BCUT2D eigenvalue weighted by Crippen LogP contribution is -1.73. The highest BCUT2D eigenvalue weighted by Gasteiger charge is 1.87. The normalized spacial score (nSPS) is 8.78. The van der Waals surface area contributed by atoms with Gasteiger partial charge in [0.1, 0.15) is 0 Å². The summed E-state index contributed by atoms with van der Waals surface area (Å²) in [5.41, 5.74) is 1.91. The molecule has 0 aliphatic rings. The Bertz CT molecular complexity index is 662. The van der Waals surface area contributed by atoms with Crippen molar-refractivity contribution in [3.05, 3.63) is 68.6 Å². The van der Waals surface area contributed by atoms with Gasteiger partial charge in [0.15, 0.2) is 0 Å². The summed E-state index contributed by atoms with van der Waals surface area (Å²) < 4.78 is 2.07. The Morgan fingerprint density at radius 3 is 2.00 bits per heavy atom. The van der Waals surface area contributed by atoms with Gasteiger partial charge >= 0.3 is 0 Å². The molecule has 0 heterocycles. The molecule has 0 bridgehead atoms. The smallest absolute Gasteiger partial charge is 0.0266 e. The van der Waals surface area contributed by atoms with Gasteiger partial charge in [-0.3, -0.25) is 0 Å². The number of rotatable bonds is 0.